The van der Waals surface area contributed by atoms with Gasteiger partial charge in [-0.15, -0.1) is 11.8 Å². The van der Waals surface area contributed by atoms with Gasteiger partial charge in [0.05, 0.1) is 5.75 Å². The first-order valence-electron chi connectivity index (χ1n) is 7.37. The molecule has 0 saturated heterocycles. The third-order valence-electron chi connectivity index (χ3n) is 3.39. The first-order chi connectivity index (χ1) is 10.1. The summed E-state index contributed by atoms with van der Waals surface area (Å²) < 4.78 is 2.01. The van der Waals surface area contributed by atoms with Gasteiger partial charge in [0.1, 0.15) is 12.2 Å². The summed E-state index contributed by atoms with van der Waals surface area (Å²) in [5.74, 6) is 2.47. The predicted molar refractivity (Wildman–Crippen MR) is 88.3 cm³/mol. The van der Waals surface area contributed by atoms with E-state index in [2.05, 4.69) is 60.4 Å². The highest BCUT2D eigenvalue weighted by Crippen LogP contribution is 2.25. The Labute approximate surface area is 131 Å². The van der Waals surface area contributed by atoms with E-state index in [1.165, 1.54) is 10.5 Å². The molecule has 0 bridgehead atoms. The van der Waals surface area contributed by atoms with Crippen LogP contribution in [0.1, 0.15) is 38.2 Å². The number of nitrogens with one attached hydrogen (secondary N) is 1. The fraction of sp³-hybridized carbons (Fsp3) is 0.500. The Morgan fingerprint density at radius 2 is 2.10 bits per heavy atom. The maximum atomic E-state index is 4.38. The number of hydrogen-bond acceptors (Lipinski definition) is 4. The molecule has 1 N–H and O–H groups in total. The van der Waals surface area contributed by atoms with Crippen molar-refractivity contribution >= 4 is 11.8 Å². The summed E-state index contributed by atoms with van der Waals surface area (Å²) in [6.07, 6.45) is 1.65. The average molecular weight is 304 g/mol. The molecule has 1 aromatic carbocycles. The van der Waals surface area contributed by atoms with E-state index in [0.717, 1.165) is 18.1 Å². The van der Waals surface area contributed by atoms with E-state index in [1.54, 1.807) is 6.33 Å². The lowest BCUT2D eigenvalue weighted by molar-refractivity contribution is 0.472. The molecule has 5 heteroatoms. The van der Waals surface area contributed by atoms with E-state index in [0.29, 0.717) is 12.0 Å². The van der Waals surface area contributed by atoms with Crippen LogP contribution >= 0.6 is 11.8 Å². The van der Waals surface area contributed by atoms with Crippen molar-refractivity contribution in [3.63, 3.8) is 0 Å². The van der Waals surface area contributed by atoms with Crippen molar-refractivity contribution in [2.75, 3.05) is 7.05 Å². The minimum absolute atomic E-state index is 0.371. The van der Waals surface area contributed by atoms with Crippen LogP contribution in [0.5, 0.6) is 0 Å². The lowest BCUT2D eigenvalue weighted by Gasteiger charge is -2.12. The maximum absolute atomic E-state index is 4.38. The Hall–Kier alpha value is -1.33. The normalized spacial score (nSPS) is 12.8. The molecule has 0 aliphatic rings. The second kappa shape index (κ2) is 7.61. The molecule has 0 aliphatic heterocycles. The highest BCUT2D eigenvalue weighted by molar-refractivity contribution is 7.98. The minimum Gasteiger partial charge on any atom is -0.313 e. The Morgan fingerprint density at radius 1 is 1.29 bits per heavy atom. The largest absolute Gasteiger partial charge is 0.313 e. The van der Waals surface area contributed by atoms with Gasteiger partial charge < -0.3 is 5.32 Å². The molecule has 4 nitrogen and oxygen atoms in total. The fourth-order valence-corrected chi connectivity index (χ4v) is 3.00. The standard InChI is InChI=1S/C16H24N4S/c1-12(2)9-20-16(18-11-19-20)10-21-15-7-5-6-14(8-15)13(3)17-4/h5-8,11-13,17H,9-10H2,1-4H3. The van der Waals surface area contributed by atoms with Crippen molar-refractivity contribution in [2.24, 2.45) is 5.92 Å². The predicted octanol–water partition coefficient (Wildman–Crippen LogP) is 3.51. The Balaban J connectivity index is 2.01. The first-order valence-corrected chi connectivity index (χ1v) is 8.35. The van der Waals surface area contributed by atoms with Crippen molar-refractivity contribution in [2.45, 2.75) is 44.0 Å². The van der Waals surface area contributed by atoms with Gasteiger partial charge in [-0.05, 0) is 37.6 Å². The smallest absolute Gasteiger partial charge is 0.138 e. The van der Waals surface area contributed by atoms with E-state index in [1.807, 2.05) is 23.5 Å². The van der Waals surface area contributed by atoms with E-state index >= 15 is 0 Å². The van der Waals surface area contributed by atoms with Crippen molar-refractivity contribution in [3.8, 4) is 0 Å². The van der Waals surface area contributed by atoms with E-state index in [4.69, 9.17) is 0 Å². The number of rotatable bonds is 7. The van der Waals surface area contributed by atoms with Gasteiger partial charge in [0.25, 0.3) is 0 Å². The van der Waals surface area contributed by atoms with Crippen molar-refractivity contribution < 1.29 is 0 Å². The lowest BCUT2D eigenvalue weighted by Crippen LogP contribution is -2.12. The Morgan fingerprint density at radius 3 is 2.81 bits per heavy atom. The molecule has 1 heterocycles. The summed E-state index contributed by atoms with van der Waals surface area (Å²) in [5.41, 5.74) is 1.31. The van der Waals surface area contributed by atoms with Crippen LogP contribution < -0.4 is 5.32 Å². The quantitative estimate of drug-likeness (QED) is 0.795. The Bertz CT molecular complexity index is 565. The topological polar surface area (TPSA) is 42.7 Å². The second-order valence-electron chi connectivity index (χ2n) is 5.62. The zero-order valence-electron chi connectivity index (χ0n) is 13.2. The van der Waals surface area contributed by atoms with Gasteiger partial charge in [-0.25, -0.2) is 9.67 Å². The van der Waals surface area contributed by atoms with Gasteiger partial charge in [-0.1, -0.05) is 26.0 Å². The number of aromatic nitrogens is 3. The summed E-state index contributed by atoms with van der Waals surface area (Å²) in [5, 5.41) is 7.58. The van der Waals surface area contributed by atoms with Crippen LogP contribution in [0, 0.1) is 5.92 Å². The third-order valence-corrected chi connectivity index (χ3v) is 4.38. The van der Waals surface area contributed by atoms with Crippen LogP contribution in [-0.4, -0.2) is 21.8 Å². The second-order valence-corrected chi connectivity index (χ2v) is 6.67. The summed E-state index contributed by atoms with van der Waals surface area (Å²) in [6.45, 7) is 7.48. The maximum Gasteiger partial charge on any atom is 0.138 e. The van der Waals surface area contributed by atoms with Gasteiger partial charge in [0, 0.05) is 17.5 Å². The highest BCUT2D eigenvalue weighted by Gasteiger charge is 2.08. The van der Waals surface area contributed by atoms with Gasteiger partial charge in [-0.3, -0.25) is 0 Å². The third kappa shape index (κ3) is 4.58. The van der Waals surface area contributed by atoms with Crippen LogP contribution in [0.25, 0.3) is 0 Å². The molecule has 114 valence electrons. The molecular formula is C16H24N4S. The molecule has 1 aromatic heterocycles. The van der Waals surface area contributed by atoms with Gasteiger partial charge in [-0.2, -0.15) is 5.10 Å². The lowest BCUT2D eigenvalue weighted by atomic mass is 10.1. The van der Waals surface area contributed by atoms with Crippen LogP contribution in [0.15, 0.2) is 35.5 Å². The zero-order valence-corrected chi connectivity index (χ0v) is 14.0. The van der Waals surface area contributed by atoms with E-state index < -0.39 is 0 Å². The number of hydrogen-bond donors (Lipinski definition) is 1. The summed E-state index contributed by atoms with van der Waals surface area (Å²) in [4.78, 5) is 5.65. The van der Waals surface area contributed by atoms with Gasteiger partial charge in [0.15, 0.2) is 0 Å². The average Bonchev–Trinajstić information content (AvgIpc) is 2.91. The number of benzene rings is 1. The SMILES string of the molecule is CNC(C)c1cccc(SCc2ncnn2CC(C)C)c1. The molecule has 0 spiro atoms. The van der Waals surface area contributed by atoms with Crippen LogP contribution in [0.3, 0.4) is 0 Å². The van der Waals surface area contributed by atoms with Crippen molar-refractivity contribution in [3.05, 3.63) is 42.0 Å². The summed E-state index contributed by atoms with van der Waals surface area (Å²) in [6, 6.07) is 9.04. The molecule has 1 atom stereocenters. The summed E-state index contributed by atoms with van der Waals surface area (Å²) in [7, 11) is 1.98. The monoisotopic (exact) mass is 304 g/mol. The molecule has 21 heavy (non-hydrogen) atoms. The van der Waals surface area contributed by atoms with Crippen LogP contribution in [0.4, 0.5) is 0 Å². The highest BCUT2D eigenvalue weighted by atomic mass is 32.2. The Kier molecular flexibility index (Phi) is 5.82. The molecule has 0 radical (unpaired) electrons. The van der Waals surface area contributed by atoms with Gasteiger partial charge in [0.2, 0.25) is 0 Å². The van der Waals surface area contributed by atoms with Gasteiger partial charge >= 0.3 is 0 Å². The molecule has 1 unspecified atom stereocenters. The molecule has 2 rings (SSSR count). The number of nitrogens with zero attached hydrogens (tertiary/aromatic N) is 3. The van der Waals surface area contributed by atoms with Crippen molar-refractivity contribution in [1.29, 1.82) is 0 Å². The molecular weight excluding hydrogens is 280 g/mol. The number of thioether (sulfide) groups is 1. The molecule has 0 saturated carbocycles. The molecule has 2 aromatic rings. The first kappa shape index (κ1) is 16.0. The minimum atomic E-state index is 0.371. The van der Waals surface area contributed by atoms with E-state index in [-0.39, 0.29) is 0 Å². The van der Waals surface area contributed by atoms with E-state index in [9.17, 15) is 0 Å². The molecule has 0 amide bonds. The zero-order chi connectivity index (χ0) is 15.2. The van der Waals surface area contributed by atoms with Crippen LogP contribution in [0.2, 0.25) is 0 Å². The van der Waals surface area contributed by atoms with Crippen molar-refractivity contribution in [1.82, 2.24) is 20.1 Å². The molecule has 0 fully saturated rings. The van der Waals surface area contributed by atoms with Crippen LogP contribution in [-0.2, 0) is 12.3 Å². The fourth-order valence-electron chi connectivity index (χ4n) is 2.09. The summed E-state index contributed by atoms with van der Waals surface area (Å²) >= 11 is 1.81. The molecule has 0 aliphatic carbocycles.